The van der Waals surface area contributed by atoms with Gasteiger partial charge in [-0.2, -0.15) is 4.94 Å². The van der Waals surface area contributed by atoms with E-state index in [0.29, 0.717) is 18.7 Å². The molecule has 0 heterocycles. The van der Waals surface area contributed by atoms with E-state index in [-0.39, 0.29) is 5.91 Å². The molecule has 0 aliphatic heterocycles. The van der Waals surface area contributed by atoms with Crippen molar-refractivity contribution < 1.29 is 4.79 Å². The third-order valence-corrected chi connectivity index (χ3v) is 1.33. The summed E-state index contributed by atoms with van der Waals surface area (Å²) in [5.74, 6) is -0.122. The maximum atomic E-state index is 10.9. The molecule has 1 amide bonds. The molecule has 6 heteroatoms. The predicted octanol–water partition coefficient (Wildman–Crippen LogP) is 0.605. The van der Waals surface area contributed by atoms with E-state index in [1.165, 1.54) is 0 Å². The molecule has 0 bridgehead atoms. The molecule has 0 aliphatic rings. The van der Waals surface area contributed by atoms with Gasteiger partial charge in [0, 0.05) is 12.1 Å². The fourth-order valence-electron chi connectivity index (χ4n) is 0.597. The molecule has 0 atom stereocenters. The van der Waals surface area contributed by atoms with Gasteiger partial charge in [0.2, 0.25) is 5.91 Å². The maximum absolute atomic E-state index is 10.9. The molecule has 0 aromatic heterocycles. The lowest BCUT2D eigenvalue weighted by Crippen LogP contribution is -2.26. The zero-order valence-electron chi connectivity index (χ0n) is 7.56. The van der Waals surface area contributed by atoms with Crippen molar-refractivity contribution >= 4 is 17.7 Å². The second kappa shape index (κ2) is 8.00. The molecule has 0 aliphatic carbocycles. The average molecular weight is 206 g/mol. The van der Waals surface area contributed by atoms with Crippen molar-refractivity contribution in [1.82, 2.24) is 15.8 Å². The Balaban J connectivity index is 3.16. The van der Waals surface area contributed by atoms with E-state index in [1.54, 1.807) is 6.92 Å². The van der Waals surface area contributed by atoms with Gasteiger partial charge in [0.15, 0.2) is 0 Å². The summed E-state index contributed by atoms with van der Waals surface area (Å²) in [6.45, 7) is 6.34. The molecule has 0 aromatic rings. The summed E-state index contributed by atoms with van der Waals surface area (Å²) < 4.78 is 0. The van der Waals surface area contributed by atoms with Crippen LogP contribution in [0, 0.1) is 0 Å². The minimum absolute atomic E-state index is 0.122. The van der Waals surface area contributed by atoms with Crippen LogP contribution >= 0.6 is 11.8 Å². The topological polar surface area (TPSA) is 67.3 Å². The summed E-state index contributed by atoms with van der Waals surface area (Å²) in [7, 11) is 0. The van der Waals surface area contributed by atoms with Gasteiger partial charge in [0.1, 0.15) is 0 Å². The Hall–Kier alpha value is -0.620. The van der Waals surface area contributed by atoms with Crippen LogP contribution in [0.15, 0.2) is 12.2 Å². The third-order valence-electron chi connectivity index (χ3n) is 1.24. The second-order valence-electron chi connectivity index (χ2n) is 2.48. The molecule has 0 saturated heterocycles. The van der Waals surface area contributed by atoms with E-state index in [0.717, 1.165) is 6.42 Å². The molecule has 0 saturated carbocycles. The van der Waals surface area contributed by atoms with Crippen LogP contribution < -0.4 is 15.8 Å². The maximum Gasteiger partial charge on any atom is 0.246 e. The fourth-order valence-corrected chi connectivity index (χ4v) is 0.656. The second-order valence-corrected chi connectivity index (χ2v) is 2.67. The van der Waals surface area contributed by atoms with E-state index in [9.17, 15) is 4.79 Å². The number of halogens is 1. The average Bonchev–Trinajstić information content (AvgIpc) is 2.10. The minimum Gasteiger partial charge on any atom is -0.582 e. The number of hydrogen-bond acceptors (Lipinski definition) is 3. The van der Waals surface area contributed by atoms with Crippen molar-refractivity contribution in [1.29, 1.82) is 0 Å². The summed E-state index contributed by atoms with van der Waals surface area (Å²) in [6, 6.07) is 0. The standard InChI is InChI=1S/C7H14ClN4O/c1-6(2)7(13)9-4-3-5-10-12-11-8/h11-12H,1,3-5H2,2H3,(H,9,13)/q-1. The first-order valence-electron chi connectivity index (χ1n) is 3.89. The van der Waals surface area contributed by atoms with Crippen LogP contribution in [0.25, 0.3) is 5.43 Å². The molecule has 0 unspecified atom stereocenters. The molecule has 5 nitrogen and oxygen atoms in total. The quantitative estimate of drug-likeness (QED) is 0.247. The largest absolute Gasteiger partial charge is 0.582 e. The smallest absolute Gasteiger partial charge is 0.246 e. The lowest BCUT2D eigenvalue weighted by molar-refractivity contribution is -0.117. The van der Waals surface area contributed by atoms with Gasteiger partial charge in [0.25, 0.3) is 0 Å². The molecule has 3 N–H and O–H groups in total. The van der Waals surface area contributed by atoms with E-state index in [4.69, 9.17) is 11.8 Å². The first-order valence-corrected chi connectivity index (χ1v) is 4.27. The highest BCUT2D eigenvalue weighted by molar-refractivity contribution is 6.13. The summed E-state index contributed by atoms with van der Waals surface area (Å²) in [5, 5.41) is 2.68. The molecular weight excluding hydrogens is 192 g/mol. The Kier molecular flexibility index (Phi) is 7.62. The van der Waals surface area contributed by atoms with Crippen LogP contribution in [-0.2, 0) is 4.79 Å². The van der Waals surface area contributed by atoms with Gasteiger partial charge in [-0.25, -0.2) is 0 Å². The van der Waals surface area contributed by atoms with Gasteiger partial charge < -0.3 is 16.3 Å². The van der Waals surface area contributed by atoms with Crippen molar-refractivity contribution in [3.63, 3.8) is 0 Å². The molecule has 0 radical (unpaired) electrons. The van der Waals surface area contributed by atoms with E-state index < -0.39 is 0 Å². The van der Waals surface area contributed by atoms with Crippen molar-refractivity contribution in [2.75, 3.05) is 13.1 Å². The van der Waals surface area contributed by atoms with Gasteiger partial charge in [-0.1, -0.05) is 13.0 Å². The highest BCUT2D eigenvalue weighted by Gasteiger charge is 1.97. The summed E-state index contributed by atoms with van der Waals surface area (Å²) >= 11 is 5.07. The van der Waals surface area contributed by atoms with Crippen molar-refractivity contribution in [2.45, 2.75) is 13.3 Å². The monoisotopic (exact) mass is 205 g/mol. The zero-order chi connectivity index (χ0) is 10.1. The van der Waals surface area contributed by atoms with Crippen LogP contribution in [0.3, 0.4) is 0 Å². The van der Waals surface area contributed by atoms with Crippen LogP contribution in [0.5, 0.6) is 0 Å². The Bertz CT molecular complexity index is 174. The highest BCUT2D eigenvalue weighted by Crippen LogP contribution is 1.87. The first kappa shape index (κ1) is 12.4. The number of carbonyl (C=O) groups excluding carboxylic acids is 1. The van der Waals surface area contributed by atoms with Crippen molar-refractivity contribution in [2.24, 2.45) is 0 Å². The number of carbonyl (C=O) groups is 1. The van der Waals surface area contributed by atoms with Gasteiger partial charge >= 0.3 is 0 Å². The third kappa shape index (κ3) is 7.73. The number of nitrogens with zero attached hydrogens (tertiary/aromatic N) is 1. The van der Waals surface area contributed by atoms with E-state index in [2.05, 4.69) is 27.8 Å². The van der Waals surface area contributed by atoms with E-state index in [1.807, 2.05) is 0 Å². The van der Waals surface area contributed by atoms with Crippen molar-refractivity contribution in [3.05, 3.63) is 17.6 Å². The number of hydrazine groups is 1. The lowest BCUT2D eigenvalue weighted by atomic mass is 10.3. The van der Waals surface area contributed by atoms with Crippen LogP contribution in [-0.4, -0.2) is 19.0 Å². The normalized spacial score (nSPS) is 9.69. The summed E-state index contributed by atoms with van der Waals surface area (Å²) in [4.78, 5) is 13.1. The first-order chi connectivity index (χ1) is 6.18. The van der Waals surface area contributed by atoms with Gasteiger partial charge in [-0.3, -0.25) is 4.79 Å². The number of rotatable bonds is 7. The van der Waals surface area contributed by atoms with Crippen molar-refractivity contribution in [3.8, 4) is 0 Å². The van der Waals surface area contributed by atoms with Crippen LogP contribution in [0.2, 0.25) is 0 Å². The molecular formula is C7H14ClN4O-. The Morgan fingerprint density at radius 2 is 2.31 bits per heavy atom. The zero-order valence-corrected chi connectivity index (χ0v) is 8.32. The summed E-state index contributed by atoms with van der Waals surface area (Å²) in [5.41, 5.74) is 6.65. The van der Waals surface area contributed by atoms with Crippen LogP contribution in [0.4, 0.5) is 0 Å². The Morgan fingerprint density at radius 1 is 1.62 bits per heavy atom. The minimum atomic E-state index is -0.122. The molecule has 0 rings (SSSR count). The lowest BCUT2D eigenvalue weighted by Gasteiger charge is -2.18. The molecule has 0 spiro atoms. The van der Waals surface area contributed by atoms with Gasteiger partial charge in [0.05, 0.1) is 0 Å². The molecule has 0 aromatic carbocycles. The molecule has 13 heavy (non-hydrogen) atoms. The number of hydrogen-bond donors (Lipinski definition) is 3. The fraction of sp³-hybridized carbons (Fsp3) is 0.571. The van der Waals surface area contributed by atoms with Gasteiger partial charge in [-0.15, -0.1) is 6.54 Å². The SMILES string of the molecule is C=C(C)C(=O)NCCC[N-]NNCl. The van der Waals surface area contributed by atoms with Crippen LogP contribution in [0.1, 0.15) is 13.3 Å². The van der Waals surface area contributed by atoms with Gasteiger partial charge in [-0.05, 0) is 18.7 Å². The predicted molar refractivity (Wildman–Crippen MR) is 52.8 cm³/mol. The molecule has 0 fully saturated rings. The Labute approximate surface area is 83.0 Å². The van der Waals surface area contributed by atoms with E-state index >= 15 is 0 Å². The summed E-state index contributed by atoms with van der Waals surface area (Å²) in [6.07, 6.45) is 0.755. The Morgan fingerprint density at radius 3 is 2.85 bits per heavy atom. The number of amides is 1. The number of nitrogens with one attached hydrogen (secondary N) is 3. The molecule has 76 valence electrons. The highest BCUT2D eigenvalue weighted by atomic mass is 35.5.